The Hall–Kier alpha value is -2.88. The molecule has 0 saturated carbocycles. The van der Waals surface area contributed by atoms with Gasteiger partial charge < -0.3 is 9.14 Å². The van der Waals surface area contributed by atoms with Gasteiger partial charge in [-0.3, -0.25) is 0 Å². The van der Waals surface area contributed by atoms with Crippen LogP contribution in [0.15, 0.2) is 48.7 Å². The van der Waals surface area contributed by atoms with Crippen LogP contribution in [0.3, 0.4) is 0 Å². The van der Waals surface area contributed by atoms with Gasteiger partial charge in [-0.25, -0.2) is 9.78 Å². The maximum absolute atomic E-state index is 12.6. The van der Waals surface area contributed by atoms with Gasteiger partial charge in [0.25, 0.3) is 0 Å². The number of H-pyrrole nitrogens is 1. The Labute approximate surface area is 133 Å². The number of rotatable bonds is 2. The summed E-state index contributed by atoms with van der Waals surface area (Å²) in [5.74, 6) is -0.292. The zero-order valence-corrected chi connectivity index (χ0v) is 13.1. The van der Waals surface area contributed by atoms with Gasteiger partial charge in [0.15, 0.2) is 5.69 Å². The number of pyridine rings is 2. The van der Waals surface area contributed by atoms with E-state index in [4.69, 9.17) is 4.74 Å². The molecule has 0 aliphatic heterocycles. The number of carbonyl (C=O) groups excluding carboxylic acids is 1. The Morgan fingerprint density at radius 2 is 1.91 bits per heavy atom. The molecule has 0 saturated heterocycles. The molecule has 0 unspecified atom stereocenters. The van der Waals surface area contributed by atoms with Gasteiger partial charge >= 0.3 is 5.97 Å². The molecule has 0 atom stereocenters. The molecule has 0 bridgehead atoms. The number of hydrogen-bond acceptors (Lipinski definition) is 2. The zero-order valence-electron chi connectivity index (χ0n) is 13.1. The fraction of sp³-hybridized carbons (Fsp3) is 0.158. The van der Waals surface area contributed by atoms with Crippen LogP contribution < -0.4 is 4.98 Å². The second-order valence-electron chi connectivity index (χ2n) is 5.57. The van der Waals surface area contributed by atoms with Gasteiger partial charge in [-0.05, 0) is 25.1 Å². The summed E-state index contributed by atoms with van der Waals surface area (Å²) in [6.45, 7) is 4.22. The van der Waals surface area contributed by atoms with Crippen molar-refractivity contribution in [3.63, 3.8) is 0 Å². The standard InChI is InChI=1S/C19H16N2O2/c1-3-23-19(22)18-17-13-8-4-5-9-14(13)20-12(2)16(17)15-10-6-7-11-21(15)18/h4-11H,3H2,1-2H3/p+1. The molecule has 4 nitrogen and oxygen atoms in total. The minimum Gasteiger partial charge on any atom is -0.461 e. The minimum absolute atomic E-state index is 0.292. The maximum Gasteiger partial charge on any atom is 0.355 e. The number of nitrogens with zero attached hydrogens (tertiary/aromatic N) is 1. The molecule has 0 radical (unpaired) electrons. The van der Waals surface area contributed by atoms with Crippen LogP contribution in [0.2, 0.25) is 0 Å². The monoisotopic (exact) mass is 305 g/mol. The fourth-order valence-electron chi connectivity index (χ4n) is 3.33. The maximum atomic E-state index is 12.6. The fourth-order valence-corrected chi connectivity index (χ4v) is 3.33. The summed E-state index contributed by atoms with van der Waals surface area (Å²) in [6, 6.07) is 14.0. The Bertz CT molecular complexity index is 1060. The molecule has 1 N–H and O–H groups in total. The molecule has 0 amide bonds. The van der Waals surface area contributed by atoms with Gasteiger partial charge in [0.05, 0.1) is 22.9 Å². The van der Waals surface area contributed by atoms with Crippen LogP contribution in [-0.2, 0) is 4.74 Å². The first-order valence-corrected chi connectivity index (χ1v) is 7.73. The van der Waals surface area contributed by atoms with Gasteiger partial charge in [-0.1, -0.05) is 18.2 Å². The summed E-state index contributed by atoms with van der Waals surface area (Å²) >= 11 is 0. The number of nitrogens with one attached hydrogen (secondary N) is 1. The van der Waals surface area contributed by atoms with Crippen LogP contribution in [-0.4, -0.2) is 17.0 Å². The number of benzene rings is 1. The summed E-state index contributed by atoms with van der Waals surface area (Å²) in [6.07, 6.45) is 1.91. The summed E-state index contributed by atoms with van der Waals surface area (Å²) < 4.78 is 7.25. The average molecular weight is 305 g/mol. The summed E-state index contributed by atoms with van der Waals surface area (Å²) in [5.41, 5.74) is 3.65. The molecule has 4 heteroatoms. The number of carbonyl (C=O) groups is 1. The summed E-state index contributed by atoms with van der Waals surface area (Å²) in [5, 5.41) is 3.04. The summed E-state index contributed by atoms with van der Waals surface area (Å²) in [4.78, 5) is 16.1. The van der Waals surface area contributed by atoms with Gasteiger partial charge in [0.1, 0.15) is 5.69 Å². The van der Waals surface area contributed by atoms with E-state index in [0.29, 0.717) is 12.3 Å². The predicted molar refractivity (Wildman–Crippen MR) is 89.7 cm³/mol. The van der Waals surface area contributed by atoms with Crippen molar-refractivity contribution in [2.45, 2.75) is 13.8 Å². The van der Waals surface area contributed by atoms with Gasteiger partial charge in [-0.2, -0.15) is 0 Å². The lowest BCUT2D eigenvalue weighted by Gasteiger charge is -2.03. The highest BCUT2D eigenvalue weighted by Gasteiger charge is 2.25. The normalized spacial score (nSPS) is 11.4. The molecule has 4 rings (SSSR count). The van der Waals surface area contributed by atoms with Crippen LogP contribution in [0.1, 0.15) is 23.1 Å². The highest BCUT2D eigenvalue weighted by atomic mass is 16.5. The number of ether oxygens (including phenoxy) is 1. The van der Waals surface area contributed by atoms with Crippen molar-refractivity contribution in [2.24, 2.45) is 0 Å². The van der Waals surface area contributed by atoms with E-state index in [9.17, 15) is 4.79 Å². The molecule has 3 aromatic heterocycles. The minimum atomic E-state index is -0.292. The number of esters is 1. The van der Waals surface area contributed by atoms with Gasteiger partial charge in [0.2, 0.25) is 5.52 Å². The van der Waals surface area contributed by atoms with Crippen LogP contribution in [0, 0.1) is 6.92 Å². The predicted octanol–water partition coefficient (Wildman–Crippen LogP) is 3.54. The van der Waals surface area contributed by atoms with Crippen molar-refractivity contribution < 1.29 is 14.5 Å². The van der Waals surface area contributed by atoms with Crippen LogP contribution in [0.5, 0.6) is 0 Å². The molecule has 0 aliphatic rings. The first-order valence-electron chi connectivity index (χ1n) is 7.73. The second-order valence-corrected chi connectivity index (χ2v) is 5.57. The van der Waals surface area contributed by atoms with Crippen molar-refractivity contribution >= 4 is 33.2 Å². The molecule has 4 aromatic rings. The van der Waals surface area contributed by atoms with E-state index in [1.807, 2.05) is 66.9 Å². The second kappa shape index (κ2) is 5.09. The highest BCUT2D eigenvalue weighted by molar-refractivity contribution is 6.20. The van der Waals surface area contributed by atoms with E-state index in [2.05, 4.69) is 4.98 Å². The lowest BCUT2D eigenvalue weighted by atomic mass is 10.1. The third kappa shape index (κ3) is 1.91. The van der Waals surface area contributed by atoms with E-state index in [-0.39, 0.29) is 5.97 Å². The molecule has 0 spiro atoms. The molecule has 0 aliphatic carbocycles. The van der Waals surface area contributed by atoms with Crippen molar-refractivity contribution in [1.82, 2.24) is 4.40 Å². The Morgan fingerprint density at radius 3 is 2.74 bits per heavy atom. The van der Waals surface area contributed by atoms with E-state index in [0.717, 1.165) is 32.9 Å². The van der Waals surface area contributed by atoms with Crippen LogP contribution in [0.4, 0.5) is 0 Å². The zero-order chi connectivity index (χ0) is 16.0. The number of aromatic nitrogens is 2. The Balaban J connectivity index is 2.30. The average Bonchev–Trinajstić information content (AvgIpc) is 2.91. The van der Waals surface area contributed by atoms with Crippen molar-refractivity contribution in [2.75, 3.05) is 6.61 Å². The van der Waals surface area contributed by atoms with E-state index in [1.54, 1.807) is 0 Å². The smallest absolute Gasteiger partial charge is 0.355 e. The SMILES string of the molecule is CCOC(=O)c1c2c3ccccc3[nH+]c(C)c2c2ccccn12. The van der Waals surface area contributed by atoms with Crippen LogP contribution >= 0.6 is 0 Å². The molecule has 114 valence electrons. The Kier molecular flexibility index (Phi) is 3.05. The molecule has 0 fully saturated rings. The van der Waals surface area contributed by atoms with E-state index in [1.165, 1.54) is 0 Å². The third-order valence-corrected chi connectivity index (χ3v) is 4.21. The van der Waals surface area contributed by atoms with Crippen LogP contribution in [0.25, 0.3) is 27.2 Å². The molecular formula is C19H17N2O2+. The number of para-hydroxylation sites is 1. The third-order valence-electron chi connectivity index (χ3n) is 4.21. The van der Waals surface area contributed by atoms with Gasteiger partial charge in [-0.15, -0.1) is 0 Å². The number of fused-ring (bicyclic) bond motifs is 5. The first kappa shape index (κ1) is 13.8. The first-order chi connectivity index (χ1) is 11.2. The molecule has 23 heavy (non-hydrogen) atoms. The molecule has 1 aromatic carbocycles. The lowest BCUT2D eigenvalue weighted by molar-refractivity contribution is -0.352. The largest absolute Gasteiger partial charge is 0.461 e. The number of hydrogen-bond donors (Lipinski definition) is 0. The van der Waals surface area contributed by atoms with Gasteiger partial charge in [0, 0.05) is 24.6 Å². The topological polar surface area (TPSA) is 44.8 Å². The highest BCUT2D eigenvalue weighted by Crippen LogP contribution is 2.33. The van der Waals surface area contributed by atoms with Crippen molar-refractivity contribution in [1.29, 1.82) is 0 Å². The lowest BCUT2D eigenvalue weighted by Crippen LogP contribution is -2.11. The van der Waals surface area contributed by atoms with Crippen molar-refractivity contribution in [3.8, 4) is 0 Å². The van der Waals surface area contributed by atoms with E-state index < -0.39 is 0 Å². The number of aryl methyl sites for hydroxylation is 1. The quantitative estimate of drug-likeness (QED) is 0.532. The summed E-state index contributed by atoms with van der Waals surface area (Å²) in [7, 11) is 0. The molecule has 3 heterocycles. The molecular weight excluding hydrogens is 288 g/mol. The Morgan fingerprint density at radius 1 is 1.13 bits per heavy atom. The van der Waals surface area contributed by atoms with E-state index >= 15 is 0 Å². The van der Waals surface area contributed by atoms with Crippen molar-refractivity contribution in [3.05, 3.63) is 60.0 Å². The number of aromatic amines is 1.